The zero-order chi connectivity index (χ0) is 10.9. The fraction of sp³-hybridized carbons (Fsp3) is 0.700. The molecule has 0 aliphatic rings. The molecule has 1 aromatic rings. The first-order valence-corrected chi connectivity index (χ1v) is 4.87. The van der Waals surface area contributed by atoms with E-state index in [2.05, 4.69) is 5.10 Å². The van der Waals surface area contributed by atoms with Crippen LogP contribution in [-0.2, 0) is 7.05 Å². The van der Waals surface area contributed by atoms with Gasteiger partial charge in [0.25, 0.3) is 0 Å². The summed E-state index contributed by atoms with van der Waals surface area (Å²) in [5.41, 5.74) is 7.68. The van der Waals surface area contributed by atoms with Crippen molar-refractivity contribution in [3.63, 3.8) is 0 Å². The molecule has 0 amide bonds. The molecule has 80 valence electrons. The zero-order valence-corrected chi connectivity index (χ0v) is 9.23. The molecule has 1 aromatic heterocycles. The van der Waals surface area contributed by atoms with Crippen molar-refractivity contribution >= 4 is 0 Å². The van der Waals surface area contributed by atoms with Crippen LogP contribution in [0.25, 0.3) is 0 Å². The lowest BCUT2D eigenvalue weighted by molar-refractivity contribution is 0.125. The van der Waals surface area contributed by atoms with Gasteiger partial charge in [-0.1, -0.05) is 13.8 Å². The second kappa shape index (κ2) is 4.11. The van der Waals surface area contributed by atoms with Crippen LogP contribution in [0.1, 0.15) is 31.2 Å². The molecule has 0 fully saturated rings. The van der Waals surface area contributed by atoms with Crippen LogP contribution in [0.3, 0.4) is 0 Å². The van der Waals surface area contributed by atoms with E-state index in [9.17, 15) is 5.11 Å². The fourth-order valence-electron chi connectivity index (χ4n) is 1.38. The smallest absolute Gasteiger partial charge is 0.0976 e. The molecule has 2 unspecified atom stereocenters. The van der Waals surface area contributed by atoms with Crippen molar-refractivity contribution in [2.45, 2.75) is 32.9 Å². The lowest BCUT2D eigenvalue weighted by atomic mass is 9.95. The van der Waals surface area contributed by atoms with Gasteiger partial charge in [0.1, 0.15) is 0 Å². The van der Waals surface area contributed by atoms with Gasteiger partial charge in [0.2, 0.25) is 0 Å². The summed E-state index contributed by atoms with van der Waals surface area (Å²) in [4.78, 5) is 0. The minimum Gasteiger partial charge on any atom is -0.387 e. The Hall–Kier alpha value is -0.870. The van der Waals surface area contributed by atoms with Crippen molar-refractivity contribution in [1.29, 1.82) is 0 Å². The molecule has 0 saturated carbocycles. The summed E-state index contributed by atoms with van der Waals surface area (Å²) >= 11 is 0. The highest BCUT2D eigenvalue weighted by molar-refractivity contribution is 5.20. The van der Waals surface area contributed by atoms with E-state index in [1.165, 1.54) is 0 Å². The summed E-state index contributed by atoms with van der Waals surface area (Å²) in [5, 5.41) is 14.1. The zero-order valence-electron chi connectivity index (χ0n) is 9.23. The Morgan fingerprint density at radius 2 is 2.07 bits per heavy atom. The molecular weight excluding hydrogens is 178 g/mol. The Balaban J connectivity index is 2.89. The van der Waals surface area contributed by atoms with Gasteiger partial charge in [-0.3, -0.25) is 4.68 Å². The minimum atomic E-state index is -0.622. The van der Waals surface area contributed by atoms with Gasteiger partial charge < -0.3 is 10.8 Å². The van der Waals surface area contributed by atoms with Crippen molar-refractivity contribution in [2.24, 2.45) is 18.7 Å². The average molecular weight is 197 g/mol. The number of aliphatic hydroxyl groups excluding tert-OH is 1. The highest BCUT2D eigenvalue weighted by Gasteiger charge is 2.23. The molecule has 4 nitrogen and oxygen atoms in total. The second-order valence-electron chi connectivity index (χ2n) is 4.08. The van der Waals surface area contributed by atoms with Gasteiger partial charge in [-0.25, -0.2) is 0 Å². The monoisotopic (exact) mass is 197 g/mol. The molecule has 4 heteroatoms. The Morgan fingerprint density at radius 3 is 2.43 bits per heavy atom. The third-order valence-electron chi connectivity index (χ3n) is 2.73. The van der Waals surface area contributed by atoms with Gasteiger partial charge in [0.15, 0.2) is 0 Å². The maximum Gasteiger partial charge on any atom is 0.0976 e. The summed E-state index contributed by atoms with van der Waals surface area (Å²) in [6.07, 6.45) is 1.06. The molecule has 14 heavy (non-hydrogen) atoms. The number of rotatable bonds is 3. The van der Waals surface area contributed by atoms with Crippen molar-refractivity contribution in [2.75, 3.05) is 0 Å². The summed E-state index contributed by atoms with van der Waals surface area (Å²) in [6.45, 7) is 5.93. The standard InChI is InChI=1S/C10H19N3O/c1-6(2)9(11)10(14)8-5-12-13(4)7(8)3/h5-6,9-10,14H,11H2,1-4H3. The van der Waals surface area contributed by atoms with E-state index in [0.717, 1.165) is 11.3 Å². The van der Waals surface area contributed by atoms with Crippen LogP contribution in [-0.4, -0.2) is 20.9 Å². The lowest BCUT2D eigenvalue weighted by Crippen LogP contribution is -2.33. The van der Waals surface area contributed by atoms with Gasteiger partial charge in [-0.2, -0.15) is 5.10 Å². The van der Waals surface area contributed by atoms with Crippen LogP contribution in [0.15, 0.2) is 6.20 Å². The molecule has 0 saturated heterocycles. The molecule has 0 aromatic carbocycles. The number of aromatic nitrogens is 2. The molecule has 0 spiro atoms. The lowest BCUT2D eigenvalue weighted by Gasteiger charge is -2.21. The van der Waals surface area contributed by atoms with Crippen molar-refractivity contribution < 1.29 is 5.11 Å². The van der Waals surface area contributed by atoms with E-state index in [4.69, 9.17) is 5.73 Å². The van der Waals surface area contributed by atoms with Crippen molar-refractivity contribution in [1.82, 2.24) is 9.78 Å². The first-order valence-electron chi connectivity index (χ1n) is 4.87. The number of nitrogens with zero attached hydrogens (tertiary/aromatic N) is 2. The number of aliphatic hydroxyl groups is 1. The van der Waals surface area contributed by atoms with Gasteiger partial charge >= 0.3 is 0 Å². The van der Waals surface area contributed by atoms with Crippen molar-refractivity contribution in [3.05, 3.63) is 17.5 Å². The van der Waals surface area contributed by atoms with Crippen LogP contribution in [0, 0.1) is 12.8 Å². The van der Waals surface area contributed by atoms with Gasteiger partial charge in [-0.05, 0) is 12.8 Å². The van der Waals surface area contributed by atoms with E-state index in [1.54, 1.807) is 10.9 Å². The molecule has 1 rings (SSSR count). The van der Waals surface area contributed by atoms with E-state index in [0.29, 0.717) is 0 Å². The maximum atomic E-state index is 9.98. The Bertz CT molecular complexity index is 306. The summed E-state index contributed by atoms with van der Waals surface area (Å²) in [5.74, 6) is 0.254. The SMILES string of the molecule is Cc1c(C(O)C(N)C(C)C)cnn1C. The van der Waals surface area contributed by atoms with Crippen molar-refractivity contribution in [3.8, 4) is 0 Å². The summed E-state index contributed by atoms with van der Waals surface area (Å²) < 4.78 is 1.74. The average Bonchev–Trinajstić information content (AvgIpc) is 2.45. The predicted octanol–water partition coefficient (Wildman–Crippen LogP) is 0.745. The third kappa shape index (κ3) is 1.96. The van der Waals surface area contributed by atoms with Crippen LogP contribution >= 0.6 is 0 Å². The van der Waals surface area contributed by atoms with Crippen LogP contribution in [0.5, 0.6) is 0 Å². The molecule has 0 bridgehead atoms. The maximum absolute atomic E-state index is 9.98. The number of hydrogen-bond donors (Lipinski definition) is 2. The van der Waals surface area contributed by atoms with E-state index >= 15 is 0 Å². The highest BCUT2D eigenvalue weighted by Crippen LogP contribution is 2.22. The first-order chi connectivity index (χ1) is 6.45. The fourth-order valence-corrected chi connectivity index (χ4v) is 1.38. The number of nitrogens with two attached hydrogens (primary N) is 1. The molecule has 0 aliphatic heterocycles. The van der Waals surface area contributed by atoms with Gasteiger partial charge in [-0.15, -0.1) is 0 Å². The van der Waals surface area contributed by atoms with E-state index in [1.807, 2.05) is 27.8 Å². The van der Waals surface area contributed by atoms with Crippen LogP contribution in [0.2, 0.25) is 0 Å². The number of aryl methyl sites for hydroxylation is 1. The number of hydrogen-bond acceptors (Lipinski definition) is 3. The second-order valence-corrected chi connectivity index (χ2v) is 4.08. The summed E-state index contributed by atoms with van der Waals surface area (Å²) in [6, 6.07) is -0.238. The molecular formula is C10H19N3O. The Labute approximate surface area is 84.7 Å². The minimum absolute atomic E-state index is 0.238. The molecule has 0 radical (unpaired) electrons. The Kier molecular flexibility index (Phi) is 3.29. The van der Waals surface area contributed by atoms with Gasteiger partial charge in [0.05, 0.1) is 12.3 Å². The molecule has 2 atom stereocenters. The van der Waals surface area contributed by atoms with E-state index < -0.39 is 6.10 Å². The third-order valence-corrected chi connectivity index (χ3v) is 2.73. The van der Waals surface area contributed by atoms with Crippen LogP contribution in [0.4, 0.5) is 0 Å². The molecule has 1 heterocycles. The molecule has 3 N–H and O–H groups in total. The Morgan fingerprint density at radius 1 is 1.50 bits per heavy atom. The summed E-state index contributed by atoms with van der Waals surface area (Å²) in [7, 11) is 1.85. The first kappa shape index (κ1) is 11.2. The largest absolute Gasteiger partial charge is 0.387 e. The quantitative estimate of drug-likeness (QED) is 0.751. The normalized spacial score (nSPS) is 15.9. The van der Waals surface area contributed by atoms with E-state index in [-0.39, 0.29) is 12.0 Å². The predicted molar refractivity (Wildman–Crippen MR) is 55.7 cm³/mol. The molecule has 0 aliphatic carbocycles. The highest BCUT2D eigenvalue weighted by atomic mass is 16.3. The van der Waals surface area contributed by atoms with Crippen LogP contribution < -0.4 is 5.73 Å². The topological polar surface area (TPSA) is 64.1 Å². The van der Waals surface area contributed by atoms with Gasteiger partial charge in [0, 0.05) is 24.3 Å².